The predicted octanol–water partition coefficient (Wildman–Crippen LogP) is 6.31. The summed E-state index contributed by atoms with van der Waals surface area (Å²) in [4.78, 5) is 17.3. The van der Waals surface area contributed by atoms with E-state index in [9.17, 15) is 18.0 Å². The van der Waals surface area contributed by atoms with E-state index in [4.69, 9.17) is 4.42 Å². The highest BCUT2D eigenvalue weighted by Gasteiger charge is 2.32. The van der Waals surface area contributed by atoms with Gasteiger partial charge in [-0.05, 0) is 55.7 Å². The van der Waals surface area contributed by atoms with Crippen molar-refractivity contribution in [2.75, 3.05) is 18.4 Å². The average molecular weight is 472 g/mol. The molecular formula is C26H28F3N3O2. The van der Waals surface area contributed by atoms with Crippen LogP contribution in [0, 0.1) is 6.92 Å². The molecule has 0 aliphatic carbocycles. The number of hydrogen-bond acceptors (Lipinski definition) is 3. The summed E-state index contributed by atoms with van der Waals surface area (Å²) in [5, 5.41) is 2.66. The van der Waals surface area contributed by atoms with Gasteiger partial charge in [0.2, 0.25) is 0 Å². The number of rotatable bonds is 6. The number of urea groups is 1. The molecule has 3 aromatic rings. The number of benzene rings is 2. The van der Waals surface area contributed by atoms with Gasteiger partial charge >= 0.3 is 12.2 Å². The Kier molecular flexibility index (Phi) is 7.26. The van der Waals surface area contributed by atoms with Crippen LogP contribution < -0.4 is 5.32 Å². The van der Waals surface area contributed by atoms with Crippen LogP contribution in [0.1, 0.15) is 35.5 Å². The summed E-state index contributed by atoms with van der Waals surface area (Å²) in [5.74, 6) is 1.38. The molecule has 34 heavy (non-hydrogen) atoms. The van der Waals surface area contributed by atoms with Crippen molar-refractivity contribution in [2.24, 2.45) is 0 Å². The molecule has 2 heterocycles. The van der Waals surface area contributed by atoms with Crippen LogP contribution in [0.2, 0.25) is 0 Å². The molecule has 0 radical (unpaired) electrons. The number of carbonyl (C=O) groups is 1. The number of likely N-dealkylation sites (tertiary alicyclic amines) is 1. The summed E-state index contributed by atoms with van der Waals surface area (Å²) in [6.45, 7) is 4.58. The Morgan fingerprint density at radius 1 is 1.06 bits per heavy atom. The van der Waals surface area contributed by atoms with Gasteiger partial charge < -0.3 is 14.6 Å². The van der Waals surface area contributed by atoms with Crippen molar-refractivity contribution >= 4 is 11.7 Å². The number of hydrogen-bond donors (Lipinski definition) is 1. The third-order valence-electron chi connectivity index (χ3n) is 6.07. The first-order valence-electron chi connectivity index (χ1n) is 11.3. The van der Waals surface area contributed by atoms with E-state index in [1.807, 2.05) is 37.3 Å². The second kappa shape index (κ2) is 10.3. The van der Waals surface area contributed by atoms with Crippen LogP contribution in [-0.2, 0) is 19.3 Å². The van der Waals surface area contributed by atoms with Crippen LogP contribution in [0.25, 0.3) is 0 Å². The van der Waals surface area contributed by atoms with Crippen LogP contribution in [0.15, 0.2) is 71.1 Å². The fraction of sp³-hybridized carbons (Fsp3) is 0.346. The molecule has 1 N–H and O–H groups in total. The minimum absolute atomic E-state index is 0.0526. The monoisotopic (exact) mass is 471 g/mol. The average Bonchev–Trinajstić information content (AvgIpc) is 3.23. The fourth-order valence-corrected chi connectivity index (χ4v) is 4.30. The number of alkyl halides is 3. The number of aryl methyl sites for hydroxylation is 1. The molecule has 1 aromatic heterocycles. The van der Waals surface area contributed by atoms with E-state index in [0.29, 0.717) is 5.76 Å². The minimum atomic E-state index is -4.47. The largest absolute Gasteiger partial charge is 0.464 e. The maximum absolute atomic E-state index is 13.2. The SMILES string of the molecule is Cc1ccc(CN(C(=O)Nc2cccc(C(F)(F)F)c2)C2CCN(Cc3ccccc3)CC2)o1. The van der Waals surface area contributed by atoms with Gasteiger partial charge in [0, 0.05) is 31.4 Å². The number of nitrogens with zero attached hydrogens (tertiary/aromatic N) is 2. The number of halogens is 3. The van der Waals surface area contributed by atoms with Gasteiger partial charge in [0.25, 0.3) is 0 Å². The van der Waals surface area contributed by atoms with Crippen LogP contribution >= 0.6 is 0 Å². The van der Waals surface area contributed by atoms with Crippen molar-refractivity contribution in [1.29, 1.82) is 0 Å². The molecule has 4 rings (SSSR count). The van der Waals surface area contributed by atoms with Gasteiger partial charge in [0.1, 0.15) is 11.5 Å². The van der Waals surface area contributed by atoms with E-state index in [-0.39, 0.29) is 18.3 Å². The molecule has 1 aliphatic rings. The predicted molar refractivity (Wildman–Crippen MR) is 124 cm³/mol. The zero-order valence-corrected chi connectivity index (χ0v) is 19.0. The molecule has 0 spiro atoms. The van der Waals surface area contributed by atoms with Crippen molar-refractivity contribution in [1.82, 2.24) is 9.80 Å². The first-order chi connectivity index (χ1) is 16.3. The normalized spacial score (nSPS) is 15.3. The van der Waals surface area contributed by atoms with E-state index in [0.717, 1.165) is 50.4 Å². The fourth-order valence-electron chi connectivity index (χ4n) is 4.30. The molecule has 0 saturated carbocycles. The topological polar surface area (TPSA) is 48.7 Å². The van der Waals surface area contributed by atoms with Gasteiger partial charge in [-0.1, -0.05) is 36.4 Å². The Morgan fingerprint density at radius 2 is 1.79 bits per heavy atom. The van der Waals surface area contributed by atoms with E-state index < -0.39 is 17.8 Å². The lowest BCUT2D eigenvalue weighted by Crippen LogP contribution is -2.48. The molecule has 0 atom stereocenters. The van der Waals surface area contributed by atoms with E-state index >= 15 is 0 Å². The molecule has 8 heteroatoms. The Hall–Kier alpha value is -3.26. The van der Waals surface area contributed by atoms with Gasteiger partial charge in [0.05, 0.1) is 12.1 Å². The summed E-state index contributed by atoms with van der Waals surface area (Å²) in [6, 6.07) is 18.1. The lowest BCUT2D eigenvalue weighted by Gasteiger charge is -2.38. The highest BCUT2D eigenvalue weighted by Crippen LogP contribution is 2.31. The molecule has 1 fully saturated rings. The summed E-state index contributed by atoms with van der Waals surface area (Å²) in [6.07, 6.45) is -2.94. The Balaban J connectivity index is 1.45. The van der Waals surface area contributed by atoms with Crippen molar-refractivity contribution < 1.29 is 22.4 Å². The lowest BCUT2D eigenvalue weighted by molar-refractivity contribution is -0.137. The van der Waals surface area contributed by atoms with Crippen LogP contribution in [0.5, 0.6) is 0 Å². The smallest absolute Gasteiger partial charge is 0.416 e. The third kappa shape index (κ3) is 6.20. The number of carbonyl (C=O) groups excluding carboxylic acids is 1. The van der Waals surface area contributed by atoms with Crippen molar-refractivity contribution in [3.8, 4) is 0 Å². The summed E-state index contributed by atoms with van der Waals surface area (Å²) in [5.41, 5.74) is 0.556. The second-order valence-corrected chi connectivity index (χ2v) is 8.64. The first-order valence-corrected chi connectivity index (χ1v) is 11.3. The molecule has 1 saturated heterocycles. The number of piperidine rings is 1. The van der Waals surface area contributed by atoms with Gasteiger partial charge in [0.15, 0.2) is 0 Å². The van der Waals surface area contributed by atoms with E-state index in [2.05, 4.69) is 22.3 Å². The Bertz CT molecular complexity index is 1090. The van der Waals surface area contributed by atoms with Gasteiger partial charge in [-0.25, -0.2) is 4.79 Å². The van der Waals surface area contributed by atoms with E-state index in [1.165, 1.54) is 17.7 Å². The zero-order valence-electron chi connectivity index (χ0n) is 19.0. The highest BCUT2D eigenvalue weighted by molar-refractivity contribution is 5.89. The first kappa shape index (κ1) is 23.9. The third-order valence-corrected chi connectivity index (χ3v) is 6.07. The maximum Gasteiger partial charge on any atom is 0.416 e. The number of nitrogens with one attached hydrogen (secondary N) is 1. The molecule has 0 unspecified atom stereocenters. The molecular weight excluding hydrogens is 443 g/mol. The molecule has 1 aliphatic heterocycles. The van der Waals surface area contributed by atoms with Gasteiger partial charge in [-0.3, -0.25) is 4.90 Å². The van der Waals surface area contributed by atoms with Crippen LogP contribution in [0.4, 0.5) is 23.7 Å². The Morgan fingerprint density at radius 3 is 2.44 bits per heavy atom. The molecule has 2 aromatic carbocycles. The van der Waals surface area contributed by atoms with E-state index in [1.54, 1.807) is 4.90 Å². The lowest BCUT2D eigenvalue weighted by atomic mass is 10.0. The summed E-state index contributed by atoms with van der Waals surface area (Å²) >= 11 is 0. The van der Waals surface area contributed by atoms with Crippen LogP contribution in [-0.4, -0.2) is 35.0 Å². The standard InChI is InChI=1S/C26H28F3N3O2/c1-19-10-11-24(34-19)18-32(25(33)30-22-9-5-8-21(16-22)26(27,28)29)23-12-14-31(15-13-23)17-20-6-3-2-4-7-20/h2-11,16,23H,12-15,17-18H2,1H3,(H,30,33). The van der Waals surface area contributed by atoms with Crippen molar-refractivity contribution in [3.63, 3.8) is 0 Å². The Labute approximate surface area is 197 Å². The quantitative estimate of drug-likeness (QED) is 0.459. The minimum Gasteiger partial charge on any atom is -0.464 e. The van der Waals surface area contributed by atoms with Crippen molar-refractivity contribution in [3.05, 3.63) is 89.4 Å². The zero-order chi connectivity index (χ0) is 24.1. The second-order valence-electron chi connectivity index (χ2n) is 8.64. The van der Waals surface area contributed by atoms with Crippen molar-refractivity contribution in [2.45, 2.75) is 45.1 Å². The molecule has 0 bridgehead atoms. The molecule has 5 nitrogen and oxygen atoms in total. The number of amides is 2. The number of anilines is 1. The summed E-state index contributed by atoms with van der Waals surface area (Å²) < 4.78 is 45.0. The van der Waals surface area contributed by atoms with Gasteiger partial charge in [-0.15, -0.1) is 0 Å². The summed E-state index contributed by atoms with van der Waals surface area (Å²) in [7, 11) is 0. The van der Waals surface area contributed by atoms with Crippen LogP contribution in [0.3, 0.4) is 0 Å². The highest BCUT2D eigenvalue weighted by atomic mass is 19.4. The molecule has 180 valence electrons. The number of furan rings is 1. The van der Waals surface area contributed by atoms with Gasteiger partial charge in [-0.2, -0.15) is 13.2 Å². The maximum atomic E-state index is 13.2. The molecule has 2 amide bonds.